The van der Waals surface area contributed by atoms with Gasteiger partial charge in [-0.25, -0.2) is 0 Å². The fourth-order valence-corrected chi connectivity index (χ4v) is 12.9. The minimum absolute atomic E-state index is 0.0220. The topological polar surface area (TPSA) is 95.9 Å². The molecule has 0 rings (SSSR count). The molecule has 6 heteroatoms. The van der Waals surface area contributed by atoms with Crippen LogP contribution in [-0.2, 0) is 14.3 Å². The Morgan fingerprint density at radius 2 is 0.540 bits per heavy atom. The molecule has 0 fully saturated rings. The Bertz CT molecular complexity index is 1360. The van der Waals surface area contributed by atoms with Crippen molar-refractivity contribution in [3.63, 3.8) is 0 Å². The van der Waals surface area contributed by atoms with Crippen LogP contribution in [0.3, 0.4) is 0 Å². The van der Waals surface area contributed by atoms with Crippen LogP contribution in [0.4, 0.5) is 0 Å². The van der Waals surface area contributed by atoms with Crippen LogP contribution in [0.5, 0.6) is 0 Å². The van der Waals surface area contributed by atoms with Crippen LogP contribution in [0.15, 0.2) is 24.3 Å². The van der Waals surface area contributed by atoms with E-state index >= 15 is 0 Å². The van der Waals surface area contributed by atoms with E-state index in [2.05, 4.69) is 43.5 Å². The van der Waals surface area contributed by atoms with Gasteiger partial charge in [-0.05, 0) is 77.0 Å². The molecule has 87 heavy (non-hydrogen) atoms. The first-order valence-corrected chi connectivity index (χ1v) is 40.1. The molecular weight excluding hydrogens is 1070 g/mol. The third-order valence-corrected chi connectivity index (χ3v) is 19.0. The van der Waals surface area contributed by atoms with Gasteiger partial charge in [-0.3, -0.25) is 9.59 Å². The van der Waals surface area contributed by atoms with Gasteiger partial charge in [-0.15, -0.1) is 0 Å². The number of esters is 1. The van der Waals surface area contributed by atoms with Gasteiger partial charge in [0.05, 0.1) is 25.4 Å². The van der Waals surface area contributed by atoms with Gasteiger partial charge >= 0.3 is 5.97 Å². The fraction of sp³-hybridized carbons (Fsp3) is 0.926. The van der Waals surface area contributed by atoms with Gasteiger partial charge in [-0.2, -0.15) is 0 Å². The van der Waals surface area contributed by atoms with E-state index in [9.17, 15) is 19.8 Å². The van der Waals surface area contributed by atoms with Crippen LogP contribution in [0.2, 0.25) is 0 Å². The minimum atomic E-state index is -0.661. The molecule has 0 aromatic rings. The predicted octanol–water partition coefficient (Wildman–Crippen LogP) is 26.4. The molecule has 0 aliphatic carbocycles. The zero-order valence-corrected chi connectivity index (χ0v) is 59.3. The molecule has 2 atom stereocenters. The van der Waals surface area contributed by atoms with Crippen LogP contribution >= 0.6 is 0 Å². The number of hydrogen-bond acceptors (Lipinski definition) is 5. The van der Waals surface area contributed by atoms with Crippen LogP contribution in [0, 0.1) is 0 Å². The van der Waals surface area contributed by atoms with Crippen molar-refractivity contribution in [2.24, 2.45) is 0 Å². The maximum Gasteiger partial charge on any atom is 0.305 e. The van der Waals surface area contributed by atoms with E-state index in [-0.39, 0.29) is 18.5 Å². The summed E-state index contributed by atoms with van der Waals surface area (Å²) in [5.41, 5.74) is 0. The molecule has 0 aliphatic heterocycles. The van der Waals surface area contributed by atoms with Gasteiger partial charge < -0.3 is 20.3 Å². The molecule has 6 nitrogen and oxygen atoms in total. The number of nitrogens with one attached hydrogen (secondary N) is 1. The average Bonchev–Trinajstić information content (AvgIpc) is 3.53. The molecule has 0 saturated heterocycles. The van der Waals surface area contributed by atoms with E-state index in [1.165, 1.54) is 385 Å². The van der Waals surface area contributed by atoms with Crippen molar-refractivity contribution in [3.8, 4) is 0 Å². The summed E-state index contributed by atoms with van der Waals surface area (Å²) < 4.78 is 5.52. The number of allylic oxidation sites excluding steroid dienone is 4. The van der Waals surface area contributed by atoms with E-state index in [1.54, 1.807) is 0 Å². The summed E-state index contributed by atoms with van der Waals surface area (Å²) in [4.78, 5) is 24.6. The number of ether oxygens (including phenoxy) is 1. The van der Waals surface area contributed by atoms with E-state index in [4.69, 9.17) is 4.74 Å². The van der Waals surface area contributed by atoms with Gasteiger partial charge in [0.2, 0.25) is 5.91 Å². The molecule has 0 aromatic carbocycles. The van der Waals surface area contributed by atoms with Crippen LogP contribution in [0.1, 0.15) is 457 Å². The molecule has 1 amide bonds. The normalized spacial score (nSPS) is 12.6. The lowest BCUT2D eigenvalue weighted by Gasteiger charge is -2.22. The van der Waals surface area contributed by atoms with Gasteiger partial charge in [0.1, 0.15) is 0 Å². The number of aliphatic hydroxyl groups is 2. The molecule has 0 spiro atoms. The summed E-state index contributed by atoms with van der Waals surface area (Å²) in [6.45, 7) is 4.99. The van der Waals surface area contributed by atoms with E-state index in [0.29, 0.717) is 25.9 Å². The Kier molecular flexibility index (Phi) is 75.3. The Morgan fingerprint density at radius 3 is 0.816 bits per heavy atom. The maximum absolute atomic E-state index is 12.5. The number of aliphatic hydroxyl groups excluding tert-OH is 2. The van der Waals surface area contributed by atoms with Gasteiger partial charge in [0.15, 0.2) is 0 Å². The first-order valence-electron chi connectivity index (χ1n) is 40.1. The highest BCUT2D eigenvalue weighted by Gasteiger charge is 2.20. The second-order valence-corrected chi connectivity index (χ2v) is 27.7. The molecule has 0 aliphatic rings. The summed E-state index contributed by atoms with van der Waals surface area (Å²) in [5.74, 6) is -0.00582. The molecule has 0 heterocycles. The van der Waals surface area contributed by atoms with Gasteiger partial charge in [0.25, 0.3) is 0 Å². The molecule has 0 bridgehead atoms. The molecule has 2 unspecified atom stereocenters. The average molecular weight is 1230 g/mol. The molecule has 3 N–H and O–H groups in total. The van der Waals surface area contributed by atoms with Gasteiger partial charge in [-0.1, -0.05) is 391 Å². The summed E-state index contributed by atoms with van der Waals surface area (Å²) >= 11 is 0. The van der Waals surface area contributed by atoms with Crippen molar-refractivity contribution in [2.75, 3.05) is 13.2 Å². The fourth-order valence-electron chi connectivity index (χ4n) is 12.9. The lowest BCUT2D eigenvalue weighted by atomic mass is 10.0. The molecule has 0 radical (unpaired) electrons. The third-order valence-electron chi connectivity index (χ3n) is 19.0. The van der Waals surface area contributed by atoms with Crippen LogP contribution < -0.4 is 5.32 Å². The summed E-state index contributed by atoms with van der Waals surface area (Å²) in [5, 5.41) is 23.3. The molecule has 0 saturated carbocycles. The molecule has 0 aromatic heterocycles. The number of carbonyl (C=O) groups excluding carboxylic acids is 2. The smallest absolute Gasteiger partial charge is 0.305 e. The second-order valence-electron chi connectivity index (χ2n) is 27.7. The third kappa shape index (κ3) is 73.3. The predicted molar refractivity (Wildman–Crippen MR) is 384 cm³/mol. The highest BCUT2D eigenvalue weighted by atomic mass is 16.5. The molecule has 516 valence electrons. The van der Waals surface area contributed by atoms with Crippen molar-refractivity contribution in [1.82, 2.24) is 5.32 Å². The highest BCUT2D eigenvalue weighted by molar-refractivity contribution is 5.76. The highest BCUT2D eigenvalue weighted by Crippen LogP contribution is 2.20. The Hall–Kier alpha value is -1.66. The zero-order chi connectivity index (χ0) is 62.8. The van der Waals surface area contributed by atoms with E-state index in [1.807, 2.05) is 0 Å². The SMILES string of the molecule is CCCCCCCC/C=C\CCCCCCCCCCCC(=O)OCCCCCCCCCCCCCCCCCC/C=C\CCCCCCCCCCCCCCCCCCCC(=O)NC(CO)C(O)CCCCCCCCCCCCCCCC. The number of carbonyl (C=O) groups is 2. The van der Waals surface area contributed by atoms with Crippen molar-refractivity contribution in [3.05, 3.63) is 24.3 Å². The lowest BCUT2D eigenvalue weighted by molar-refractivity contribution is -0.143. The first kappa shape index (κ1) is 85.3. The zero-order valence-electron chi connectivity index (χ0n) is 59.3. The monoisotopic (exact) mass is 1220 g/mol. The van der Waals surface area contributed by atoms with Gasteiger partial charge in [0, 0.05) is 12.8 Å². The largest absolute Gasteiger partial charge is 0.466 e. The van der Waals surface area contributed by atoms with Crippen LogP contribution in [0.25, 0.3) is 0 Å². The Morgan fingerprint density at radius 1 is 0.310 bits per heavy atom. The number of unbranched alkanes of at least 4 members (excludes halogenated alkanes) is 61. The summed E-state index contributed by atoms with van der Waals surface area (Å²) in [7, 11) is 0. The van der Waals surface area contributed by atoms with Crippen LogP contribution in [-0.4, -0.2) is 47.4 Å². The standard InChI is InChI=1S/C81H157NO5/c1-3-5-7-9-11-13-15-17-19-20-40-44-47-51-55-59-63-67-71-75-81(86)87-76-72-68-64-60-56-52-48-45-42-39-37-35-33-31-29-27-25-23-21-22-24-26-28-30-32-34-36-38-41-43-46-50-54-58-62-66-70-74-80(85)82-78(77-83)79(84)73-69-65-61-57-53-49-18-16-14-12-10-8-6-4-2/h17,19,21,23,78-79,83-84H,3-16,18,20,22,24-77H2,1-2H3,(H,82,85)/b19-17-,23-21-. The van der Waals surface area contributed by atoms with Crippen molar-refractivity contribution in [1.29, 1.82) is 0 Å². The maximum atomic E-state index is 12.5. The Labute approximate surface area is 545 Å². The van der Waals surface area contributed by atoms with Crippen molar-refractivity contribution >= 4 is 11.9 Å². The minimum Gasteiger partial charge on any atom is -0.466 e. The van der Waals surface area contributed by atoms with E-state index < -0.39 is 12.1 Å². The lowest BCUT2D eigenvalue weighted by Crippen LogP contribution is -2.45. The van der Waals surface area contributed by atoms with Crippen molar-refractivity contribution in [2.45, 2.75) is 469 Å². The second kappa shape index (κ2) is 76.8. The van der Waals surface area contributed by atoms with Crippen molar-refractivity contribution < 1.29 is 24.5 Å². The summed E-state index contributed by atoms with van der Waals surface area (Å²) in [6, 6.07) is -0.538. The number of amides is 1. The molecular formula is C81H157NO5. The number of rotatable bonds is 76. The summed E-state index contributed by atoms with van der Waals surface area (Å²) in [6.07, 6.45) is 98.6. The van der Waals surface area contributed by atoms with E-state index in [0.717, 1.165) is 38.5 Å². The number of hydrogen-bond donors (Lipinski definition) is 3. The first-order chi connectivity index (χ1) is 43.0. The Balaban J connectivity index is 3.31. The quantitative estimate of drug-likeness (QED) is 0.0320.